The van der Waals surface area contributed by atoms with Crippen LogP contribution in [0.1, 0.15) is 22.5 Å². The fourth-order valence-electron chi connectivity index (χ4n) is 2.03. The highest BCUT2D eigenvalue weighted by Gasteiger charge is 2.14. The van der Waals surface area contributed by atoms with Crippen LogP contribution in [0.2, 0.25) is 0 Å². The van der Waals surface area contributed by atoms with Gasteiger partial charge in [-0.25, -0.2) is 9.78 Å². The molecule has 0 unspecified atom stereocenters. The van der Waals surface area contributed by atoms with Gasteiger partial charge in [0.25, 0.3) is 0 Å². The van der Waals surface area contributed by atoms with Gasteiger partial charge in [-0.3, -0.25) is 0 Å². The van der Waals surface area contributed by atoms with E-state index >= 15 is 0 Å². The van der Waals surface area contributed by atoms with E-state index in [4.69, 9.17) is 10.5 Å². The second-order valence-electron chi connectivity index (χ2n) is 4.21. The lowest BCUT2D eigenvalue weighted by Crippen LogP contribution is -2.05. The van der Waals surface area contributed by atoms with Crippen LogP contribution in [0.4, 0.5) is 0 Å². The Kier molecular flexibility index (Phi) is 3.97. The number of pyridine rings is 1. The van der Waals surface area contributed by atoms with Crippen molar-refractivity contribution in [1.29, 1.82) is 0 Å². The number of benzene rings is 1. The maximum Gasteiger partial charge on any atom is 0.336 e. The molecule has 1 aromatic carbocycles. The number of rotatable bonds is 5. The standard InChI is InChI=1S/C14H16N2O3/c1-19-12-6-2-5-10-11(14(17)18)8-9(4-3-7-15)16-13(10)12/h2,5-6,8H,3-4,7,15H2,1H3,(H,17,18). The van der Waals surface area contributed by atoms with Crippen LogP contribution >= 0.6 is 0 Å². The fraction of sp³-hybridized carbons (Fsp3) is 0.286. The number of para-hydroxylation sites is 1. The van der Waals surface area contributed by atoms with Gasteiger partial charge in [0.1, 0.15) is 11.3 Å². The maximum absolute atomic E-state index is 11.3. The van der Waals surface area contributed by atoms with Gasteiger partial charge in [0.15, 0.2) is 0 Å². The molecule has 19 heavy (non-hydrogen) atoms. The molecule has 3 N–H and O–H groups in total. The number of nitrogens with zero attached hydrogens (tertiary/aromatic N) is 1. The number of aromatic nitrogens is 1. The molecule has 0 radical (unpaired) electrons. The summed E-state index contributed by atoms with van der Waals surface area (Å²) in [5.41, 5.74) is 7.02. The van der Waals surface area contributed by atoms with Gasteiger partial charge < -0.3 is 15.6 Å². The van der Waals surface area contributed by atoms with E-state index in [1.807, 2.05) is 0 Å². The van der Waals surface area contributed by atoms with Crippen molar-refractivity contribution in [3.05, 3.63) is 35.5 Å². The van der Waals surface area contributed by atoms with Gasteiger partial charge in [-0.05, 0) is 31.5 Å². The minimum Gasteiger partial charge on any atom is -0.494 e. The van der Waals surface area contributed by atoms with Gasteiger partial charge in [-0.1, -0.05) is 12.1 Å². The monoisotopic (exact) mass is 260 g/mol. The Bertz CT molecular complexity index is 611. The van der Waals surface area contributed by atoms with E-state index < -0.39 is 5.97 Å². The van der Waals surface area contributed by atoms with Crippen molar-refractivity contribution in [1.82, 2.24) is 4.98 Å². The van der Waals surface area contributed by atoms with E-state index in [1.54, 1.807) is 31.4 Å². The predicted octanol–water partition coefficient (Wildman–Crippen LogP) is 1.83. The summed E-state index contributed by atoms with van der Waals surface area (Å²) < 4.78 is 5.24. The number of aryl methyl sites for hydroxylation is 1. The van der Waals surface area contributed by atoms with E-state index in [-0.39, 0.29) is 5.56 Å². The number of fused-ring (bicyclic) bond motifs is 1. The van der Waals surface area contributed by atoms with E-state index in [1.165, 1.54) is 0 Å². The lowest BCUT2D eigenvalue weighted by Gasteiger charge is -2.09. The van der Waals surface area contributed by atoms with Crippen molar-refractivity contribution in [2.45, 2.75) is 12.8 Å². The van der Waals surface area contributed by atoms with Crippen molar-refractivity contribution in [3.63, 3.8) is 0 Å². The number of ether oxygens (including phenoxy) is 1. The molecule has 0 amide bonds. The minimum absolute atomic E-state index is 0.246. The first-order chi connectivity index (χ1) is 9.17. The van der Waals surface area contributed by atoms with Crippen LogP contribution in [-0.2, 0) is 6.42 Å². The zero-order valence-electron chi connectivity index (χ0n) is 10.7. The van der Waals surface area contributed by atoms with Gasteiger partial charge in [0.05, 0.1) is 12.7 Å². The van der Waals surface area contributed by atoms with Crippen LogP contribution in [0.15, 0.2) is 24.3 Å². The summed E-state index contributed by atoms with van der Waals surface area (Å²) in [6.45, 7) is 0.550. The highest BCUT2D eigenvalue weighted by Crippen LogP contribution is 2.27. The number of carboxylic acid groups (broad SMARTS) is 1. The average molecular weight is 260 g/mol. The summed E-state index contributed by atoms with van der Waals surface area (Å²) >= 11 is 0. The Hall–Kier alpha value is -2.14. The van der Waals surface area contributed by atoms with Crippen LogP contribution in [0.5, 0.6) is 5.75 Å². The van der Waals surface area contributed by atoms with Crippen molar-refractivity contribution in [2.24, 2.45) is 5.73 Å². The number of hydrogen-bond donors (Lipinski definition) is 2. The SMILES string of the molecule is COc1cccc2c(C(=O)O)cc(CCCN)nc12. The van der Waals surface area contributed by atoms with E-state index in [0.29, 0.717) is 29.6 Å². The zero-order chi connectivity index (χ0) is 13.8. The van der Waals surface area contributed by atoms with Gasteiger partial charge in [-0.2, -0.15) is 0 Å². The lowest BCUT2D eigenvalue weighted by molar-refractivity contribution is 0.0699. The van der Waals surface area contributed by atoms with Crippen LogP contribution in [-0.4, -0.2) is 29.7 Å². The molecule has 0 aliphatic carbocycles. The first-order valence-corrected chi connectivity index (χ1v) is 6.07. The molecule has 0 saturated carbocycles. The lowest BCUT2D eigenvalue weighted by atomic mass is 10.1. The minimum atomic E-state index is -0.963. The summed E-state index contributed by atoms with van der Waals surface area (Å²) in [6.07, 6.45) is 1.43. The molecule has 0 aliphatic heterocycles. The molecule has 0 aliphatic rings. The number of aromatic carboxylic acids is 1. The third kappa shape index (κ3) is 2.66. The molecule has 1 heterocycles. The highest BCUT2D eigenvalue weighted by atomic mass is 16.5. The molecular weight excluding hydrogens is 244 g/mol. The summed E-state index contributed by atoms with van der Waals surface area (Å²) in [4.78, 5) is 15.8. The Morgan fingerprint density at radius 1 is 1.47 bits per heavy atom. The molecule has 100 valence electrons. The first-order valence-electron chi connectivity index (χ1n) is 6.07. The molecule has 0 bridgehead atoms. The molecule has 0 fully saturated rings. The van der Waals surface area contributed by atoms with Gasteiger partial charge in [-0.15, -0.1) is 0 Å². The van der Waals surface area contributed by atoms with Crippen LogP contribution < -0.4 is 10.5 Å². The topological polar surface area (TPSA) is 85.4 Å². The fourth-order valence-corrected chi connectivity index (χ4v) is 2.03. The predicted molar refractivity (Wildman–Crippen MR) is 72.6 cm³/mol. The average Bonchev–Trinajstić information content (AvgIpc) is 2.43. The van der Waals surface area contributed by atoms with E-state index in [9.17, 15) is 9.90 Å². The third-order valence-corrected chi connectivity index (χ3v) is 2.94. The van der Waals surface area contributed by atoms with Crippen molar-refractivity contribution in [2.75, 3.05) is 13.7 Å². The molecule has 0 saturated heterocycles. The smallest absolute Gasteiger partial charge is 0.336 e. The molecule has 5 heteroatoms. The summed E-state index contributed by atoms with van der Waals surface area (Å²) in [5, 5.41) is 9.89. The van der Waals surface area contributed by atoms with E-state index in [0.717, 1.165) is 12.1 Å². The van der Waals surface area contributed by atoms with Crippen molar-refractivity contribution < 1.29 is 14.6 Å². The van der Waals surface area contributed by atoms with Gasteiger partial charge in [0.2, 0.25) is 0 Å². The molecule has 2 aromatic rings. The molecule has 2 rings (SSSR count). The second kappa shape index (κ2) is 5.67. The second-order valence-corrected chi connectivity index (χ2v) is 4.21. The summed E-state index contributed by atoms with van der Waals surface area (Å²) in [7, 11) is 1.55. The van der Waals surface area contributed by atoms with E-state index in [2.05, 4.69) is 4.98 Å². The molecule has 0 atom stereocenters. The van der Waals surface area contributed by atoms with Crippen molar-refractivity contribution >= 4 is 16.9 Å². The number of carboxylic acids is 1. The van der Waals surface area contributed by atoms with Crippen LogP contribution in [0, 0.1) is 0 Å². The third-order valence-electron chi connectivity index (χ3n) is 2.94. The van der Waals surface area contributed by atoms with Crippen LogP contribution in [0.3, 0.4) is 0 Å². The molecule has 5 nitrogen and oxygen atoms in total. The molecule has 0 spiro atoms. The van der Waals surface area contributed by atoms with Gasteiger partial charge >= 0.3 is 5.97 Å². The van der Waals surface area contributed by atoms with Crippen molar-refractivity contribution in [3.8, 4) is 5.75 Å². The Morgan fingerprint density at radius 3 is 2.89 bits per heavy atom. The van der Waals surface area contributed by atoms with Gasteiger partial charge in [0, 0.05) is 11.1 Å². The van der Waals surface area contributed by atoms with Crippen LogP contribution in [0.25, 0.3) is 10.9 Å². The Labute approximate surface area is 111 Å². The molecular formula is C14H16N2O3. The highest BCUT2D eigenvalue weighted by molar-refractivity contribution is 6.04. The maximum atomic E-state index is 11.3. The zero-order valence-corrected chi connectivity index (χ0v) is 10.7. The molecule has 1 aromatic heterocycles. The number of methoxy groups -OCH3 is 1. The number of nitrogens with two attached hydrogens (primary N) is 1. The first kappa shape index (κ1) is 13.3. The number of carbonyl (C=O) groups is 1. The normalized spacial score (nSPS) is 10.6. The Balaban J connectivity index is 2.65. The Morgan fingerprint density at radius 2 is 2.26 bits per heavy atom. The number of hydrogen-bond acceptors (Lipinski definition) is 4. The summed E-state index contributed by atoms with van der Waals surface area (Å²) in [6, 6.07) is 6.88. The summed E-state index contributed by atoms with van der Waals surface area (Å²) in [5.74, 6) is -0.385. The quantitative estimate of drug-likeness (QED) is 0.856. The largest absolute Gasteiger partial charge is 0.494 e.